The van der Waals surface area contributed by atoms with E-state index in [0.717, 1.165) is 22.3 Å². The molecular formula is C22H16N2O. The number of fused-ring (bicyclic) bond motifs is 1. The molecule has 0 aliphatic heterocycles. The van der Waals surface area contributed by atoms with Crippen LogP contribution in [0, 0.1) is 0 Å². The van der Waals surface area contributed by atoms with Gasteiger partial charge < -0.3 is 0 Å². The molecule has 0 saturated heterocycles. The minimum Gasteiger partial charge on any atom is -0.288 e. The fourth-order valence-electron chi connectivity index (χ4n) is 2.84. The third-order valence-corrected chi connectivity index (χ3v) is 4.04. The first-order valence-electron chi connectivity index (χ1n) is 8.13. The lowest BCUT2D eigenvalue weighted by atomic mass is 10.2. The molecule has 3 aromatic carbocycles. The number of para-hydroxylation sites is 1. The van der Waals surface area contributed by atoms with E-state index in [1.165, 1.54) is 0 Å². The minimum atomic E-state index is -0.0456. The fraction of sp³-hybridized carbons (Fsp3) is 0. The van der Waals surface area contributed by atoms with Crippen LogP contribution in [0.15, 0.2) is 89.7 Å². The van der Waals surface area contributed by atoms with Gasteiger partial charge in [-0.3, -0.25) is 4.79 Å². The van der Waals surface area contributed by atoms with E-state index in [2.05, 4.69) is 0 Å². The van der Waals surface area contributed by atoms with Gasteiger partial charge in [0.25, 0.3) is 0 Å². The van der Waals surface area contributed by atoms with Gasteiger partial charge >= 0.3 is 0 Å². The zero-order valence-electron chi connectivity index (χ0n) is 13.5. The maximum atomic E-state index is 12.6. The molecule has 0 aliphatic rings. The molecule has 1 aromatic heterocycles. The molecule has 0 spiro atoms. The summed E-state index contributed by atoms with van der Waals surface area (Å²) in [7, 11) is 0. The van der Waals surface area contributed by atoms with Crippen LogP contribution in [0.25, 0.3) is 28.7 Å². The minimum absolute atomic E-state index is 0.0456. The van der Waals surface area contributed by atoms with Gasteiger partial charge in [-0.2, -0.15) is 5.10 Å². The lowest BCUT2D eigenvalue weighted by Crippen LogP contribution is -2.04. The van der Waals surface area contributed by atoms with Gasteiger partial charge in [-0.25, -0.2) is 4.68 Å². The Balaban J connectivity index is 1.94. The van der Waals surface area contributed by atoms with Gasteiger partial charge in [-0.05, 0) is 29.8 Å². The summed E-state index contributed by atoms with van der Waals surface area (Å²) in [6.45, 7) is 0. The van der Waals surface area contributed by atoms with Crippen LogP contribution >= 0.6 is 0 Å². The van der Waals surface area contributed by atoms with E-state index >= 15 is 0 Å². The Kier molecular flexibility index (Phi) is 3.97. The van der Waals surface area contributed by atoms with Crippen molar-refractivity contribution in [3.8, 4) is 5.69 Å². The van der Waals surface area contributed by atoms with Crippen LogP contribution in [0.3, 0.4) is 0 Å². The molecule has 1 heterocycles. The lowest BCUT2D eigenvalue weighted by molar-refractivity contribution is 0.902. The van der Waals surface area contributed by atoms with Crippen molar-refractivity contribution in [3.63, 3.8) is 0 Å². The molecule has 0 bridgehead atoms. The zero-order valence-corrected chi connectivity index (χ0v) is 13.5. The molecule has 0 fully saturated rings. The van der Waals surface area contributed by atoms with Gasteiger partial charge in [0.05, 0.1) is 11.4 Å². The van der Waals surface area contributed by atoms with Crippen LogP contribution in [-0.4, -0.2) is 9.78 Å². The molecule has 4 rings (SSSR count). The van der Waals surface area contributed by atoms with Crippen LogP contribution in [0.5, 0.6) is 0 Å². The largest absolute Gasteiger partial charge is 0.288 e. The Morgan fingerprint density at radius 1 is 0.720 bits per heavy atom. The normalized spacial score (nSPS) is 11.2. The Morgan fingerprint density at radius 3 is 2.12 bits per heavy atom. The third-order valence-electron chi connectivity index (χ3n) is 4.04. The van der Waals surface area contributed by atoms with Crippen LogP contribution in [0.4, 0.5) is 0 Å². The highest BCUT2D eigenvalue weighted by atomic mass is 16.1. The van der Waals surface area contributed by atoms with Gasteiger partial charge in [0, 0.05) is 5.39 Å². The first-order chi connectivity index (χ1) is 12.3. The van der Waals surface area contributed by atoms with Crippen molar-refractivity contribution in [2.75, 3.05) is 0 Å². The second-order valence-electron chi connectivity index (χ2n) is 5.72. The number of hydrogen-bond donors (Lipinski definition) is 0. The van der Waals surface area contributed by atoms with Gasteiger partial charge in [0.15, 0.2) is 0 Å². The van der Waals surface area contributed by atoms with E-state index in [1.807, 2.05) is 84.9 Å². The molecular weight excluding hydrogens is 308 g/mol. The van der Waals surface area contributed by atoms with Crippen LogP contribution in [0.2, 0.25) is 0 Å². The molecule has 0 aliphatic carbocycles. The standard InChI is InChI=1S/C22H16N2O/c25-21-14-8-7-13-19-20(16-15-17-9-3-1-4-10-17)23-24(22(19)21)18-11-5-2-6-12-18/h1-16H. The quantitative estimate of drug-likeness (QED) is 0.554. The zero-order chi connectivity index (χ0) is 17.1. The highest BCUT2D eigenvalue weighted by Gasteiger charge is 2.11. The summed E-state index contributed by atoms with van der Waals surface area (Å²) in [4.78, 5) is 12.6. The summed E-state index contributed by atoms with van der Waals surface area (Å²) < 4.78 is 1.72. The monoisotopic (exact) mass is 324 g/mol. The summed E-state index contributed by atoms with van der Waals surface area (Å²) in [5, 5.41) is 5.53. The first-order valence-corrected chi connectivity index (χ1v) is 8.13. The van der Waals surface area contributed by atoms with E-state index < -0.39 is 0 Å². The molecule has 3 heteroatoms. The van der Waals surface area contributed by atoms with Crippen molar-refractivity contribution in [3.05, 3.63) is 106 Å². The number of hydrogen-bond acceptors (Lipinski definition) is 2. The first kappa shape index (κ1) is 15.1. The molecule has 3 nitrogen and oxygen atoms in total. The Hall–Kier alpha value is -3.46. The molecule has 0 N–H and O–H groups in total. The predicted molar refractivity (Wildman–Crippen MR) is 103 cm³/mol. The molecule has 25 heavy (non-hydrogen) atoms. The van der Waals surface area contributed by atoms with E-state index in [-0.39, 0.29) is 5.43 Å². The second kappa shape index (κ2) is 6.57. The van der Waals surface area contributed by atoms with Crippen LogP contribution in [-0.2, 0) is 0 Å². The number of nitrogens with zero attached hydrogens (tertiary/aromatic N) is 2. The fourth-order valence-corrected chi connectivity index (χ4v) is 2.84. The van der Waals surface area contributed by atoms with Gasteiger partial charge in [0.1, 0.15) is 5.52 Å². The number of rotatable bonds is 3. The highest BCUT2D eigenvalue weighted by Crippen LogP contribution is 2.21. The second-order valence-corrected chi connectivity index (χ2v) is 5.72. The van der Waals surface area contributed by atoms with E-state index in [0.29, 0.717) is 5.52 Å². The van der Waals surface area contributed by atoms with E-state index in [1.54, 1.807) is 16.8 Å². The van der Waals surface area contributed by atoms with Gasteiger partial charge in [0.2, 0.25) is 5.43 Å². The van der Waals surface area contributed by atoms with Crippen molar-refractivity contribution in [1.82, 2.24) is 9.78 Å². The summed E-state index contributed by atoms with van der Waals surface area (Å²) in [5.74, 6) is 0. The predicted octanol–water partition coefficient (Wildman–Crippen LogP) is 4.56. The highest BCUT2D eigenvalue weighted by molar-refractivity contribution is 5.90. The van der Waals surface area contributed by atoms with Crippen molar-refractivity contribution >= 4 is 23.1 Å². The lowest BCUT2D eigenvalue weighted by Gasteiger charge is -2.00. The van der Waals surface area contributed by atoms with E-state index in [4.69, 9.17) is 5.10 Å². The third kappa shape index (κ3) is 3.00. The molecule has 0 radical (unpaired) electrons. The maximum Gasteiger partial charge on any atom is 0.204 e. The van der Waals surface area contributed by atoms with Crippen molar-refractivity contribution in [2.24, 2.45) is 0 Å². The Morgan fingerprint density at radius 2 is 1.36 bits per heavy atom. The summed E-state index contributed by atoms with van der Waals surface area (Å²) in [5.41, 5.74) is 3.28. The molecule has 0 amide bonds. The number of benzene rings is 2. The van der Waals surface area contributed by atoms with Crippen molar-refractivity contribution < 1.29 is 0 Å². The molecule has 0 saturated carbocycles. The van der Waals surface area contributed by atoms with Gasteiger partial charge in [-0.1, -0.05) is 72.8 Å². The summed E-state index contributed by atoms with van der Waals surface area (Å²) >= 11 is 0. The van der Waals surface area contributed by atoms with Crippen molar-refractivity contribution in [1.29, 1.82) is 0 Å². The molecule has 4 aromatic rings. The smallest absolute Gasteiger partial charge is 0.204 e. The van der Waals surface area contributed by atoms with E-state index in [9.17, 15) is 4.79 Å². The Labute approximate surface area is 145 Å². The topological polar surface area (TPSA) is 34.9 Å². The van der Waals surface area contributed by atoms with Gasteiger partial charge in [-0.15, -0.1) is 0 Å². The average molecular weight is 324 g/mol. The maximum absolute atomic E-state index is 12.6. The van der Waals surface area contributed by atoms with Crippen molar-refractivity contribution in [2.45, 2.75) is 0 Å². The average Bonchev–Trinajstić information content (AvgIpc) is 2.92. The molecule has 120 valence electrons. The van der Waals surface area contributed by atoms with Crippen LogP contribution < -0.4 is 5.43 Å². The summed E-state index contributed by atoms with van der Waals surface area (Å²) in [6.07, 6.45) is 3.96. The SMILES string of the molecule is O=c1ccccc2c(C=Cc3ccccc3)nn(-c3ccccc3)c12. The summed E-state index contributed by atoms with van der Waals surface area (Å²) in [6, 6.07) is 26.9. The number of aromatic nitrogens is 2. The molecule has 0 unspecified atom stereocenters. The molecule has 0 atom stereocenters. The Bertz CT molecular complexity index is 1100. The van der Waals surface area contributed by atoms with Crippen LogP contribution in [0.1, 0.15) is 11.3 Å².